The van der Waals surface area contributed by atoms with E-state index in [2.05, 4.69) is 4.43 Å². The van der Waals surface area contributed by atoms with Crippen molar-refractivity contribution in [3.05, 3.63) is 30.3 Å². The van der Waals surface area contributed by atoms with Crippen molar-refractivity contribution in [2.24, 2.45) is 0 Å². The molecule has 0 amide bonds. The van der Waals surface area contributed by atoms with Crippen LogP contribution in [0.2, 0.25) is 0 Å². The monoisotopic (exact) mass is 152 g/mol. The molecule has 1 aromatic carbocycles. The van der Waals surface area contributed by atoms with Crippen LogP contribution in [-0.4, -0.2) is 16.0 Å². The minimum Gasteiger partial charge on any atom is -0.524 e. The predicted molar refractivity (Wildman–Crippen MR) is 39.5 cm³/mol. The lowest BCUT2D eigenvalue weighted by Crippen LogP contribution is -2.22. The Morgan fingerprint density at radius 1 is 1.30 bits per heavy atom. The Bertz CT molecular complexity index is 220. The summed E-state index contributed by atoms with van der Waals surface area (Å²) in [5.41, 5.74) is 0. The summed E-state index contributed by atoms with van der Waals surface area (Å²) in [6.07, 6.45) is 0. The van der Waals surface area contributed by atoms with Crippen molar-refractivity contribution in [2.45, 2.75) is 0 Å². The van der Waals surface area contributed by atoms with Crippen molar-refractivity contribution < 1.29 is 8.89 Å². The molecule has 0 aliphatic rings. The second-order valence-electron chi connectivity index (χ2n) is 1.86. The normalized spacial score (nSPS) is 8.90. The summed E-state index contributed by atoms with van der Waals surface area (Å²) in [6, 6.07) is 9.16. The standard InChI is InChI=1S/C7H8O2Si/c1-9-10(8)7-5-3-2-4-6-7/h2-6H,1H3. The first kappa shape index (κ1) is 7.15. The highest BCUT2D eigenvalue weighted by Gasteiger charge is 2.06. The van der Waals surface area contributed by atoms with E-state index < -0.39 is 8.93 Å². The molecule has 0 saturated heterocycles. The molecular formula is C7H8O2Si. The summed E-state index contributed by atoms with van der Waals surface area (Å²) >= 11 is 0. The smallest absolute Gasteiger partial charge is 0.524 e. The first-order chi connectivity index (χ1) is 4.84. The SMILES string of the molecule is CO[Si](=O)c1ccccc1. The molecule has 0 spiro atoms. The summed E-state index contributed by atoms with van der Waals surface area (Å²) in [5.74, 6) is 0. The van der Waals surface area contributed by atoms with Crippen molar-refractivity contribution in [3.8, 4) is 0 Å². The topological polar surface area (TPSA) is 26.3 Å². The minimum absolute atomic E-state index is 0.773. The molecule has 52 valence electrons. The molecule has 1 aromatic rings. The lowest BCUT2D eigenvalue weighted by atomic mass is 10.4. The van der Waals surface area contributed by atoms with Gasteiger partial charge in [0.15, 0.2) is 0 Å². The van der Waals surface area contributed by atoms with E-state index in [1.165, 1.54) is 7.11 Å². The number of rotatable bonds is 2. The lowest BCUT2D eigenvalue weighted by Gasteiger charge is -1.93. The van der Waals surface area contributed by atoms with Gasteiger partial charge in [-0.3, -0.25) is 0 Å². The Labute approximate surface area is 61.2 Å². The zero-order chi connectivity index (χ0) is 7.40. The Hall–Kier alpha value is -0.963. The molecule has 3 heteroatoms. The Kier molecular flexibility index (Phi) is 2.34. The fourth-order valence-electron chi connectivity index (χ4n) is 0.692. The summed E-state index contributed by atoms with van der Waals surface area (Å²) < 4.78 is 15.7. The van der Waals surface area contributed by atoms with E-state index in [4.69, 9.17) is 0 Å². The van der Waals surface area contributed by atoms with E-state index in [0.29, 0.717) is 0 Å². The second-order valence-corrected chi connectivity index (χ2v) is 3.42. The summed E-state index contributed by atoms with van der Waals surface area (Å²) in [4.78, 5) is 0. The maximum atomic E-state index is 11.0. The molecule has 0 aliphatic carbocycles. The van der Waals surface area contributed by atoms with Crippen LogP contribution in [0.15, 0.2) is 30.3 Å². The first-order valence-corrected chi connectivity index (χ1v) is 4.29. The molecule has 0 saturated carbocycles. The van der Waals surface area contributed by atoms with Gasteiger partial charge in [-0.1, -0.05) is 30.3 Å². The van der Waals surface area contributed by atoms with Gasteiger partial charge in [0.25, 0.3) is 0 Å². The average molecular weight is 152 g/mol. The van der Waals surface area contributed by atoms with Crippen molar-refractivity contribution in [3.63, 3.8) is 0 Å². The van der Waals surface area contributed by atoms with E-state index in [1.807, 2.05) is 18.2 Å². The van der Waals surface area contributed by atoms with Gasteiger partial charge in [-0.25, -0.2) is 0 Å². The third kappa shape index (κ3) is 1.51. The maximum absolute atomic E-state index is 11.0. The third-order valence-corrected chi connectivity index (χ3v) is 2.37. The van der Waals surface area contributed by atoms with Gasteiger partial charge in [-0.05, 0) is 0 Å². The molecule has 10 heavy (non-hydrogen) atoms. The van der Waals surface area contributed by atoms with Gasteiger partial charge in [-0.15, -0.1) is 0 Å². The van der Waals surface area contributed by atoms with Crippen LogP contribution in [-0.2, 0) is 8.89 Å². The molecule has 0 fully saturated rings. The largest absolute Gasteiger partial charge is 0.539 e. The second kappa shape index (κ2) is 3.27. The van der Waals surface area contributed by atoms with Gasteiger partial charge in [0.05, 0.1) is 7.11 Å². The number of benzene rings is 1. The van der Waals surface area contributed by atoms with Crippen LogP contribution < -0.4 is 5.19 Å². The van der Waals surface area contributed by atoms with Crippen molar-refractivity contribution >= 4 is 14.1 Å². The molecule has 0 unspecified atom stereocenters. The van der Waals surface area contributed by atoms with E-state index in [9.17, 15) is 4.46 Å². The van der Waals surface area contributed by atoms with Gasteiger partial charge in [0, 0.05) is 5.19 Å². The molecule has 0 bridgehead atoms. The van der Waals surface area contributed by atoms with Crippen LogP contribution in [0.5, 0.6) is 0 Å². The summed E-state index contributed by atoms with van der Waals surface area (Å²) in [7, 11) is -0.504. The van der Waals surface area contributed by atoms with E-state index in [-0.39, 0.29) is 0 Å². The highest BCUT2D eigenvalue weighted by Crippen LogP contribution is 1.82. The Morgan fingerprint density at radius 2 is 1.90 bits per heavy atom. The van der Waals surface area contributed by atoms with Crippen LogP contribution in [0.1, 0.15) is 0 Å². The van der Waals surface area contributed by atoms with Crippen LogP contribution in [0.4, 0.5) is 0 Å². The summed E-state index contributed by atoms with van der Waals surface area (Å²) in [5, 5.41) is 0.773. The van der Waals surface area contributed by atoms with Gasteiger partial charge in [-0.2, -0.15) is 0 Å². The molecule has 0 heterocycles. The van der Waals surface area contributed by atoms with Crippen molar-refractivity contribution in [1.82, 2.24) is 0 Å². The van der Waals surface area contributed by atoms with E-state index in [0.717, 1.165) is 5.19 Å². The lowest BCUT2D eigenvalue weighted by molar-refractivity contribution is 0.376. The highest BCUT2D eigenvalue weighted by molar-refractivity contribution is 6.53. The van der Waals surface area contributed by atoms with Gasteiger partial charge >= 0.3 is 8.93 Å². The summed E-state index contributed by atoms with van der Waals surface area (Å²) in [6.45, 7) is 0. The molecule has 0 N–H and O–H groups in total. The maximum Gasteiger partial charge on any atom is 0.539 e. The first-order valence-electron chi connectivity index (χ1n) is 2.98. The third-order valence-electron chi connectivity index (χ3n) is 1.19. The van der Waals surface area contributed by atoms with Crippen LogP contribution in [0.25, 0.3) is 0 Å². The highest BCUT2D eigenvalue weighted by atomic mass is 28.3. The fraction of sp³-hybridized carbons (Fsp3) is 0.143. The zero-order valence-corrected chi connectivity index (χ0v) is 6.70. The molecule has 0 aromatic heterocycles. The van der Waals surface area contributed by atoms with E-state index >= 15 is 0 Å². The zero-order valence-electron chi connectivity index (χ0n) is 5.70. The molecular weight excluding hydrogens is 144 g/mol. The molecule has 0 atom stereocenters. The molecule has 0 aliphatic heterocycles. The molecule has 0 radical (unpaired) electrons. The fourth-order valence-corrected chi connectivity index (χ4v) is 1.39. The average Bonchev–Trinajstić information content (AvgIpc) is 2.05. The van der Waals surface area contributed by atoms with Gasteiger partial charge < -0.3 is 8.89 Å². The quantitative estimate of drug-likeness (QED) is 0.575. The predicted octanol–water partition coefficient (Wildman–Crippen LogP) is 0.459. The van der Waals surface area contributed by atoms with Crippen LogP contribution >= 0.6 is 0 Å². The number of hydrogen-bond acceptors (Lipinski definition) is 2. The van der Waals surface area contributed by atoms with Crippen LogP contribution in [0.3, 0.4) is 0 Å². The molecule has 1 rings (SSSR count). The minimum atomic E-state index is -1.96. The molecule has 2 nitrogen and oxygen atoms in total. The number of hydrogen-bond donors (Lipinski definition) is 0. The van der Waals surface area contributed by atoms with Gasteiger partial charge in [0.2, 0.25) is 0 Å². The van der Waals surface area contributed by atoms with Crippen molar-refractivity contribution in [1.29, 1.82) is 0 Å². The Balaban J connectivity index is 2.85. The van der Waals surface area contributed by atoms with E-state index in [1.54, 1.807) is 12.1 Å². The Morgan fingerprint density at radius 3 is 2.40 bits per heavy atom. The van der Waals surface area contributed by atoms with Crippen LogP contribution in [0, 0.1) is 0 Å². The van der Waals surface area contributed by atoms with Crippen molar-refractivity contribution in [2.75, 3.05) is 7.11 Å². The van der Waals surface area contributed by atoms with Gasteiger partial charge in [0.1, 0.15) is 0 Å².